The molecule has 1 aromatic carbocycles. The van der Waals surface area contributed by atoms with Crippen molar-refractivity contribution in [3.05, 3.63) is 40.8 Å². The van der Waals surface area contributed by atoms with Gasteiger partial charge in [0.05, 0.1) is 12.0 Å². The van der Waals surface area contributed by atoms with E-state index >= 15 is 0 Å². The molecule has 3 nitrogen and oxygen atoms in total. The minimum Gasteiger partial charge on any atom is -0.348 e. The molecule has 0 saturated heterocycles. The van der Waals surface area contributed by atoms with Gasteiger partial charge in [0.1, 0.15) is 0 Å². The van der Waals surface area contributed by atoms with Crippen LogP contribution in [0.4, 0.5) is 0 Å². The Balaban J connectivity index is 2.52. The van der Waals surface area contributed by atoms with E-state index in [1.807, 2.05) is 0 Å². The van der Waals surface area contributed by atoms with Crippen LogP contribution in [0.2, 0.25) is 0 Å². The normalized spacial score (nSPS) is 10.8. The Bertz CT molecular complexity index is 526. The van der Waals surface area contributed by atoms with E-state index in [4.69, 9.17) is 5.73 Å². The highest BCUT2D eigenvalue weighted by atomic mass is 14.9. The summed E-state index contributed by atoms with van der Waals surface area (Å²) in [5.41, 5.74) is 12.9. The molecular formula is C14H19N3. The molecule has 0 aliphatic heterocycles. The van der Waals surface area contributed by atoms with Gasteiger partial charge in [-0.15, -0.1) is 0 Å². The maximum Gasteiger partial charge on any atom is 0.0929 e. The summed E-state index contributed by atoms with van der Waals surface area (Å²) >= 11 is 0. The van der Waals surface area contributed by atoms with E-state index in [2.05, 4.69) is 42.9 Å². The average molecular weight is 229 g/mol. The number of H-pyrrole nitrogens is 1. The van der Waals surface area contributed by atoms with Gasteiger partial charge in [-0.25, -0.2) is 4.98 Å². The third-order valence-corrected chi connectivity index (χ3v) is 3.21. The van der Waals surface area contributed by atoms with Gasteiger partial charge in [-0.2, -0.15) is 0 Å². The molecule has 0 aliphatic carbocycles. The first-order chi connectivity index (χ1) is 8.13. The number of hydrogen-bond acceptors (Lipinski definition) is 2. The van der Waals surface area contributed by atoms with E-state index in [-0.39, 0.29) is 0 Å². The molecule has 0 aliphatic rings. The summed E-state index contributed by atoms with van der Waals surface area (Å²) in [5.74, 6) is 0. The van der Waals surface area contributed by atoms with E-state index in [0.717, 1.165) is 17.8 Å². The first kappa shape index (κ1) is 11.9. The number of nitrogens with two attached hydrogens (primary N) is 1. The lowest BCUT2D eigenvalue weighted by molar-refractivity contribution is 0.936. The van der Waals surface area contributed by atoms with Crippen molar-refractivity contribution in [2.45, 2.75) is 27.2 Å². The summed E-state index contributed by atoms with van der Waals surface area (Å²) < 4.78 is 0. The molecule has 3 N–H and O–H groups in total. The molecule has 2 aromatic rings. The maximum atomic E-state index is 5.61. The highest BCUT2D eigenvalue weighted by molar-refractivity contribution is 5.67. The molecule has 0 radical (unpaired) electrons. The number of imidazole rings is 1. The summed E-state index contributed by atoms with van der Waals surface area (Å²) in [6.07, 6.45) is 2.58. The van der Waals surface area contributed by atoms with Gasteiger partial charge in [-0.1, -0.05) is 6.07 Å². The molecule has 1 heterocycles. The molecule has 2 rings (SSSR count). The fraction of sp³-hybridized carbons (Fsp3) is 0.357. The minimum atomic E-state index is 0.638. The van der Waals surface area contributed by atoms with E-state index in [1.165, 1.54) is 22.3 Å². The zero-order valence-electron chi connectivity index (χ0n) is 10.7. The predicted octanol–water partition coefficient (Wildman–Crippen LogP) is 2.50. The molecule has 90 valence electrons. The van der Waals surface area contributed by atoms with Gasteiger partial charge in [-0.05, 0) is 50.1 Å². The molecule has 0 bridgehead atoms. The van der Waals surface area contributed by atoms with Crippen molar-refractivity contribution >= 4 is 0 Å². The number of nitrogens with zero attached hydrogens (tertiary/aromatic N) is 1. The number of nitrogens with one attached hydrogen (secondary N) is 1. The highest BCUT2D eigenvalue weighted by Crippen LogP contribution is 2.27. The lowest BCUT2D eigenvalue weighted by Gasteiger charge is -2.09. The smallest absolute Gasteiger partial charge is 0.0929 e. The van der Waals surface area contributed by atoms with Crippen LogP contribution in [0, 0.1) is 20.8 Å². The van der Waals surface area contributed by atoms with Crippen LogP contribution in [0.5, 0.6) is 0 Å². The lowest BCUT2D eigenvalue weighted by atomic mass is 9.97. The van der Waals surface area contributed by atoms with Gasteiger partial charge in [0.15, 0.2) is 0 Å². The van der Waals surface area contributed by atoms with Gasteiger partial charge < -0.3 is 10.7 Å². The van der Waals surface area contributed by atoms with E-state index in [1.54, 1.807) is 6.33 Å². The molecule has 0 amide bonds. The van der Waals surface area contributed by atoms with E-state index in [9.17, 15) is 0 Å². The van der Waals surface area contributed by atoms with Crippen molar-refractivity contribution in [1.82, 2.24) is 9.97 Å². The van der Waals surface area contributed by atoms with Crippen LogP contribution in [-0.2, 0) is 6.42 Å². The largest absolute Gasteiger partial charge is 0.348 e. The van der Waals surface area contributed by atoms with Crippen LogP contribution in [-0.4, -0.2) is 16.5 Å². The second-order valence-electron chi connectivity index (χ2n) is 4.52. The highest BCUT2D eigenvalue weighted by Gasteiger charge is 2.11. The Labute approximate surface area is 102 Å². The topological polar surface area (TPSA) is 54.7 Å². The molecule has 17 heavy (non-hydrogen) atoms. The first-order valence-electron chi connectivity index (χ1n) is 5.94. The van der Waals surface area contributed by atoms with Crippen LogP contribution >= 0.6 is 0 Å². The Morgan fingerprint density at radius 3 is 2.53 bits per heavy atom. The van der Waals surface area contributed by atoms with Gasteiger partial charge in [-0.3, -0.25) is 0 Å². The van der Waals surface area contributed by atoms with Gasteiger partial charge in [0.2, 0.25) is 0 Å². The summed E-state index contributed by atoms with van der Waals surface area (Å²) in [5, 5.41) is 0. The average Bonchev–Trinajstić information content (AvgIpc) is 2.72. The van der Waals surface area contributed by atoms with Gasteiger partial charge >= 0.3 is 0 Å². The third kappa shape index (κ3) is 2.24. The Kier molecular flexibility index (Phi) is 3.29. The molecule has 0 saturated carbocycles. The Morgan fingerprint density at radius 1 is 1.12 bits per heavy atom. The second kappa shape index (κ2) is 4.72. The zero-order valence-corrected chi connectivity index (χ0v) is 10.7. The Morgan fingerprint density at radius 2 is 1.82 bits per heavy atom. The van der Waals surface area contributed by atoms with Crippen LogP contribution in [0.3, 0.4) is 0 Å². The fourth-order valence-corrected chi connectivity index (χ4v) is 2.10. The fourth-order valence-electron chi connectivity index (χ4n) is 2.10. The number of hydrogen-bond donors (Lipinski definition) is 2. The number of aromatic nitrogens is 2. The minimum absolute atomic E-state index is 0.638. The quantitative estimate of drug-likeness (QED) is 0.849. The molecule has 3 heteroatoms. The molecule has 0 atom stereocenters. The van der Waals surface area contributed by atoms with Crippen molar-refractivity contribution < 1.29 is 0 Å². The first-order valence-corrected chi connectivity index (χ1v) is 5.94. The van der Waals surface area contributed by atoms with Crippen LogP contribution in [0.15, 0.2) is 18.5 Å². The molecular weight excluding hydrogens is 210 g/mol. The summed E-state index contributed by atoms with van der Waals surface area (Å²) in [7, 11) is 0. The second-order valence-corrected chi connectivity index (χ2v) is 4.52. The van der Waals surface area contributed by atoms with Crippen molar-refractivity contribution in [2.75, 3.05) is 6.54 Å². The SMILES string of the molecule is Cc1cc(C)c(-c2nc[nH]c2CCN)cc1C. The van der Waals surface area contributed by atoms with E-state index in [0.29, 0.717) is 6.54 Å². The van der Waals surface area contributed by atoms with Crippen molar-refractivity contribution in [2.24, 2.45) is 5.73 Å². The monoisotopic (exact) mass is 229 g/mol. The summed E-state index contributed by atoms with van der Waals surface area (Å²) in [6, 6.07) is 4.42. The number of benzene rings is 1. The Hall–Kier alpha value is -1.61. The van der Waals surface area contributed by atoms with Gasteiger partial charge in [0.25, 0.3) is 0 Å². The van der Waals surface area contributed by atoms with Crippen molar-refractivity contribution in [3.63, 3.8) is 0 Å². The summed E-state index contributed by atoms with van der Waals surface area (Å²) in [4.78, 5) is 7.60. The lowest BCUT2D eigenvalue weighted by Crippen LogP contribution is -2.04. The number of rotatable bonds is 3. The van der Waals surface area contributed by atoms with Crippen LogP contribution in [0.25, 0.3) is 11.3 Å². The molecule has 0 unspecified atom stereocenters. The van der Waals surface area contributed by atoms with Crippen LogP contribution in [0.1, 0.15) is 22.4 Å². The molecule has 0 fully saturated rings. The predicted molar refractivity (Wildman–Crippen MR) is 71.0 cm³/mol. The third-order valence-electron chi connectivity index (χ3n) is 3.21. The molecule has 1 aromatic heterocycles. The molecule has 0 spiro atoms. The standard InChI is InChI=1S/C14H19N3/c1-9-6-11(3)12(7-10(9)2)14-13(4-5-15)16-8-17-14/h6-8H,4-5,15H2,1-3H3,(H,16,17). The van der Waals surface area contributed by atoms with Crippen molar-refractivity contribution in [3.8, 4) is 11.3 Å². The number of aromatic amines is 1. The van der Waals surface area contributed by atoms with Crippen LogP contribution < -0.4 is 5.73 Å². The number of aryl methyl sites for hydroxylation is 3. The van der Waals surface area contributed by atoms with Crippen molar-refractivity contribution in [1.29, 1.82) is 0 Å². The summed E-state index contributed by atoms with van der Waals surface area (Å²) in [6.45, 7) is 7.03. The maximum absolute atomic E-state index is 5.61. The van der Waals surface area contributed by atoms with Gasteiger partial charge in [0, 0.05) is 17.7 Å². The zero-order chi connectivity index (χ0) is 12.4. The van der Waals surface area contributed by atoms with E-state index < -0.39 is 0 Å².